The summed E-state index contributed by atoms with van der Waals surface area (Å²) in [5.41, 5.74) is 7.34. The summed E-state index contributed by atoms with van der Waals surface area (Å²) in [5, 5.41) is 5.28. The number of rotatable bonds is 4. The Hall–Kier alpha value is -2.86. The van der Waals surface area contributed by atoms with Crippen LogP contribution in [0.1, 0.15) is 40.3 Å². The Bertz CT molecular complexity index is 1370. The molecule has 2 atom stereocenters. The number of aryl methyl sites for hydroxylation is 2. The van der Waals surface area contributed by atoms with Crippen LogP contribution in [0.4, 0.5) is 5.69 Å². The van der Waals surface area contributed by atoms with Crippen molar-refractivity contribution in [3.63, 3.8) is 0 Å². The maximum absolute atomic E-state index is 6.62. The third-order valence-corrected chi connectivity index (χ3v) is 7.49. The molecule has 5 rings (SSSR count). The number of anilines is 1. The Morgan fingerprint density at radius 1 is 0.941 bits per heavy atom. The summed E-state index contributed by atoms with van der Waals surface area (Å²) in [6.45, 7) is 6.28. The summed E-state index contributed by atoms with van der Waals surface area (Å²) in [6, 6.07) is 22.1. The van der Waals surface area contributed by atoms with Crippen LogP contribution in [0.25, 0.3) is 5.69 Å². The molecule has 2 aromatic carbocycles. The molecule has 1 aliphatic rings. The molecule has 0 saturated carbocycles. The van der Waals surface area contributed by atoms with Gasteiger partial charge in [0.1, 0.15) is 0 Å². The zero-order valence-electron chi connectivity index (χ0n) is 19.1. The second-order valence-electron chi connectivity index (χ2n) is 8.57. The number of hydrogen-bond acceptors (Lipinski definition) is 2. The van der Waals surface area contributed by atoms with E-state index in [2.05, 4.69) is 70.9 Å². The largest absolute Gasteiger partial charge is 0.351 e. The van der Waals surface area contributed by atoms with E-state index >= 15 is 0 Å². The van der Waals surface area contributed by atoms with Crippen LogP contribution in [0.15, 0.2) is 72.9 Å². The molecule has 1 saturated heterocycles. The molecular weight excluding hydrogens is 483 g/mol. The van der Waals surface area contributed by atoms with Gasteiger partial charge in [-0.15, -0.1) is 0 Å². The number of pyridine rings is 1. The Kier molecular flexibility index (Phi) is 6.11. The lowest BCUT2D eigenvalue weighted by atomic mass is 9.96. The van der Waals surface area contributed by atoms with Gasteiger partial charge >= 0.3 is 0 Å². The third kappa shape index (κ3) is 3.88. The second kappa shape index (κ2) is 9.06. The van der Waals surface area contributed by atoms with Crippen molar-refractivity contribution in [2.45, 2.75) is 32.9 Å². The van der Waals surface area contributed by atoms with Crippen LogP contribution < -0.4 is 10.2 Å². The quantitative estimate of drug-likeness (QED) is 0.294. The molecule has 0 aliphatic carbocycles. The van der Waals surface area contributed by atoms with Gasteiger partial charge in [-0.2, -0.15) is 0 Å². The summed E-state index contributed by atoms with van der Waals surface area (Å²) in [5.74, 6) is 0. The first-order valence-electron chi connectivity index (χ1n) is 11.1. The monoisotopic (exact) mass is 506 g/mol. The van der Waals surface area contributed by atoms with Gasteiger partial charge in [0.15, 0.2) is 5.11 Å². The van der Waals surface area contributed by atoms with Crippen LogP contribution >= 0.6 is 35.4 Å². The fraction of sp³-hybridized carbons (Fsp3) is 0.185. The molecule has 4 aromatic rings. The molecule has 34 heavy (non-hydrogen) atoms. The van der Waals surface area contributed by atoms with Crippen molar-refractivity contribution < 1.29 is 0 Å². The highest BCUT2D eigenvalue weighted by Gasteiger charge is 2.42. The lowest BCUT2D eigenvalue weighted by Crippen LogP contribution is -2.29. The fourth-order valence-electron chi connectivity index (χ4n) is 4.78. The van der Waals surface area contributed by atoms with Gasteiger partial charge in [-0.1, -0.05) is 53.0 Å². The van der Waals surface area contributed by atoms with Crippen molar-refractivity contribution in [3.8, 4) is 5.69 Å². The molecule has 0 unspecified atom stereocenters. The third-order valence-electron chi connectivity index (χ3n) is 6.37. The smallest absolute Gasteiger partial charge is 0.174 e. The number of hydrogen-bond donors (Lipinski definition) is 1. The number of nitrogens with zero attached hydrogens (tertiary/aromatic N) is 3. The summed E-state index contributed by atoms with van der Waals surface area (Å²) in [4.78, 5) is 6.86. The highest BCUT2D eigenvalue weighted by Crippen LogP contribution is 2.44. The Labute approximate surface area is 215 Å². The molecule has 1 aliphatic heterocycles. The van der Waals surface area contributed by atoms with E-state index in [9.17, 15) is 0 Å². The average molecular weight is 507 g/mol. The Morgan fingerprint density at radius 3 is 2.41 bits per heavy atom. The minimum Gasteiger partial charge on any atom is -0.351 e. The first kappa shape index (κ1) is 22.9. The second-order valence-corrected chi connectivity index (χ2v) is 9.74. The van der Waals surface area contributed by atoms with E-state index < -0.39 is 0 Å². The molecule has 0 amide bonds. The predicted octanol–water partition coefficient (Wildman–Crippen LogP) is 7.28. The highest BCUT2D eigenvalue weighted by atomic mass is 35.5. The molecule has 7 heteroatoms. The van der Waals surface area contributed by atoms with E-state index in [1.807, 2.05) is 36.5 Å². The number of benzene rings is 2. The van der Waals surface area contributed by atoms with Crippen LogP contribution in [0.3, 0.4) is 0 Å². The van der Waals surface area contributed by atoms with Crippen LogP contribution in [0.5, 0.6) is 0 Å². The van der Waals surface area contributed by atoms with Crippen LogP contribution in [-0.4, -0.2) is 14.7 Å². The SMILES string of the molecule is Cc1ccc(N2C(=S)N[C@@H](c3ccccn3)[C@@H]2c2cc(C)n(-c3cccc(Cl)c3Cl)c2C)cc1. The lowest BCUT2D eigenvalue weighted by Gasteiger charge is -2.28. The number of nitrogens with one attached hydrogen (secondary N) is 1. The first-order chi connectivity index (χ1) is 16.4. The van der Waals surface area contributed by atoms with Crippen molar-refractivity contribution in [3.05, 3.63) is 111 Å². The summed E-state index contributed by atoms with van der Waals surface area (Å²) < 4.78 is 2.16. The molecule has 4 nitrogen and oxygen atoms in total. The van der Waals surface area contributed by atoms with Crippen LogP contribution in [0, 0.1) is 20.8 Å². The maximum Gasteiger partial charge on any atom is 0.174 e. The molecule has 2 aromatic heterocycles. The van der Waals surface area contributed by atoms with E-state index in [0.717, 1.165) is 34.0 Å². The van der Waals surface area contributed by atoms with Crippen molar-refractivity contribution in [2.75, 3.05) is 4.90 Å². The highest BCUT2D eigenvalue weighted by molar-refractivity contribution is 7.80. The minimum absolute atomic E-state index is 0.0944. The summed E-state index contributed by atoms with van der Waals surface area (Å²) >= 11 is 18.8. The molecule has 0 spiro atoms. The van der Waals surface area contributed by atoms with E-state index in [-0.39, 0.29) is 12.1 Å². The van der Waals surface area contributed by atoms with Gasteiger partial charge in [-0.05, 0) is 81.0 Å². The molecule has 3 heterocycles. The van der Waals surface area contributed by atoms with E-state index in [1.165, 1.54) is 5.56 Å². The van der Waals surface area contributed by atoms with Gasteiger partial charge in [-0.25, -0.2) is 0 Å². The predicted molar refractivity (Wildman–Crippen MR) is 144 cm³/mol. The number of halogens is 2. The van der Waals surface area contributed by atoms with Gasteiger partial charge < -0.3 is 14.8 Å². The molecule has 0 radical (unpaired) electrons. The van der Waals surface area contributed by atoms with Crippen LogP contribution in [0.2, 0.25) is 10.0 Å². The Balaban J connectivity index is 1.70. The molecule has 0 bridgehead atoms. The number of thiocarbonyl (C=S) groups is 1. The van der Waals surface area contributed by atoms with Crippen LogP contribution in [-0.2, 0) is 0 Å². The van der Waals surface area contributed by atoms with Gasteiger partial charge in [0.05, 0.1) is 33.5 Å². The van der Waals surface area contributed by atoms with Gasteiger partial charge in [0.25, 0.3) is 0 Å². The van der Waals surface area contributed by atoms with E-state index in [0.29, 0.717) is 15.2 Å². The molecule has 1 fully saturated rings. The van der Waals surface area contributed by atoms with Crippen molar-refractivity contribution in [2.24, 2.45) is 0 Å². The fourth-order valence-corrected chi connectivity index (χ4v) is 5.50. The lowest BCUT2D eigenvalue weighted by molar-refractivity contribution is 0.565. The van der Waals surface area contributed by atoms with Gasteiger partial charge in [0, 0.05) is 23.3 Å². The van der Waals surface area contributed by atoms with E-state index in [4.69, 9.17) is 35.4 Å². The summed E-state index contributed by atoms with van der Waals surface area (Å²) in [6.07, 6.45) is 1.82. The normalized spacial score (nSPS) is 17.8. The van der Waals surface area contributed by atoms with Gasteiger partial charge in [0.2, 0.25) is 0 Å². The Morgan fingerprint density at radius 2 is 1.71 bits per heavy atom. The molecule has 1 N–H and O–H groups in total. The topological polar surface area (TPSA) is 33.1 Å². The van der Waals surface area contributed by atoms with Gasteiger partial charge in [-0.3, -0.25) is 4.98 Å². The average Bonchev–Trinajstić information content (AvgIpc) is 3.32. The summed E-state index contributed by atoms with van der Waals surface area (Å²) in [7, 11) is 0. The van der Waals surface area contributed by atoms with E-state index in [1.54, 1.807) is 6.07 Å². The number of aromatic nitrogens is 2. The first-order valence-corrected chi connectivity index (χ1v) is 12.2. The molecular formula is C27H24Cl2N4S. The van der Waals surface area contributed by atoms with Crippen molar-refractivity contribution in [1.82, 2.24) is 14.9 Å². The zero-order chi connectivity index (χ0) is 24.0. The standard InChI is InChI=1S/C27H24Cl2N4S/c1-16-10-12-19(13-11-16)33-26(25(31-27(33)34)22-8-4-5-14-30-22)20-15-17(2)32(18(20)3)23-9-6-7-21(28)24(23)29/h4-15,25-26H,1-3H3,(H,31,34)/t25-,26-/m0/s1. The van der Waals surface area contributed by atoms with Crippen molar-refractivity contribution >= 4 is 46.2 Å². The van der Waals surface area contributed by atoms with Crippen molar-refractivity contribution in [1.29, 1.82) is 0 Å². The zero-order valence-corrected chi connectivity index (χ0v) is 21.4. The minimum atomic E-state index is -0.112. The molecule has 172 valence electrons. The maximum atomic E-state index is 6.62.